The minimum Gasteiger partial charge on any atom is -0.394 e. The van der Waals surface area contributed by atoms with Gasteiger partial charge in [-0.05, 0) is 0 Å². The van der Waals surface area contributed by atoms with E-state index in [4.69, 9.17) is 20.7 Å². The first-order valence-electron chi connectivity index (χ1n) is 3.74. The van der Waals surface area contributed by atoms with E-state index >= 15 is 0 Å². The Morgan fingerprint density at radius 2 is 2.15 bits per heavy atom. The number of hydrogen-bond acceptors (Lipinski definition) is 5. The molecule has 13 heavy (non-hydrogen) atoms. The average Bonchev–Trinajstić information content (AvgIpc) is 2.31. The monoisotopic (exact) mass is 192 g/mol. The highest BCUT2D eigenvalue weighted by atomic mass is 16.6. The zero-order valence-electron chi connectivity index (χ0n) is 6.75. The number of nitrogens with two attached hydrogens (primary N) is 1. The molecule has 7 heteroatoms. The van der Waals surface area contributed by atoms with Crippen LogP contribution in [0.1, 0.15) is 0 Å². The number of aliphatic hydroxyl groups excluding tert-OH is 3. The molecule has 0 aromatic carbocycles. The zero-order valence-corrected chi connectivity index (χ0v) is 6.75. The van der Waals surface area contributed by atoms with Crippen LogP contribution in [0.4, 0.5) is 4.79 Å². The standard InChI is InChI=1S/C6H12N2O5/c7-6(12)8-3-2(1-9)13-5(11)4(3)10/h2-5,9-11H,1H2,(H3,7,8,12)/t2-,3+,4-,5-/m0/s1. The Morgan fingerprint density at radius 1 is 1.54 bits per heavy atom. The Morgan fingerprint density at radius 3 is 2.62 bits per heavy atom. The summed E-state index contributed by atoms with van der Waals surface area (Å²) in [4.78, 5) is 10.5. The van der Waals surface area contributed by atoms with Gasteiger partial charge in [-0.3, -0.25) is 0 Å². The predicted octanol–water partition coefficient (Wildman–Crippen LogP) is -2.91. The van der Waals surface area contributed by atoms with Gasteiger partial charge >= 0.3 is 6.03 Å². The third kappa shape index (κ3) is 2.07. The SMILES string of the molecule is NC(=O)N[C@H]1[C@H](O)[C@@H](O)O[C@H]1CO. The van der Waals surface area contributed by atoms with Gasteiger partial charge in [-0.25, -0.2) is 4.79 Å². The molecule has 0 spiro atoms. The van der Waals surface area contributed by atoms with Crippen molar-refractivity contribution in [1.82, 2.24) is 5.32 Å². The second-order valence-electron chi connectivity index (χ2n) is 2.77. The van der Waals surface area contributed by atoms with Gasteiger partial charge in [-0.1, -0.05) is 0 Å². The van der Waals surface area contributed by atoms with E-state index in [1.54, 1.807) is 0 Å². The maximum Gasteiger partial charge on any atom is 0.312 e. The molecule has 1 fully saturated rings. The summed E-state index contributed by atoms with van der Waals surface area (Å²) in [7, 11) is 0. The Bertz CT molecular complexity index is 199. The molecule has 1 saturated heterocycles. The third-order valence-electron chi connectivity index (χ3n) is 1.86. The molecule has 4 atom stereocenters. The van der Waals surface area contributed by atoms with E-state index in [0.29, 0.717) is 0 Å². The summed E-state index contributed by atoms with van der Waals surface area (Å²) < 4.78 is 4.72. The highest BCUT2D eigenvalue weighted by molar-refractivity contribution is 5.72. The first kappa shape index (κ1) is 10.2. The summed E-state index contributed by atoms with van der Waals surface area (Å²) in [6.07, 6.45) is -3.52. The number of ether oxygens (including phenoxy) is 1. The molecule has 0 saturated carbocycles. The molecule has 0 aliphatic carbocycles. The van der Waals surface area contributed by atoms with Crippen LogP contribution in [0.2, 0.25) is 0 Å². The summed E-state index contributed by atoms with van der Waals surface area (Å²) in [5, 5.41) is 29.2. The lowest BCUT2D eigenvalue weighted by atomic mass is 10.1. The number of hydrogen-bond donors (Lipinski definition) is 5. The smallest absolute Gasteiger partial charge is 0.312 e. The number of urea groups is 1. The van der Waals surface area contributed by atoms with E-state index in [1.807, 2.05) is 0 Å². The lowest BCUT2D eigenvalue weighted by Crippen LogP contribution is -2.50. The second-order valence-corrected chi connectivity index (χ2v) is 2.77. The maximum absolute atomic E-state index is 10.5. The number of nitrogens with one attached hydrogen (secondary N) is 1. The molecule has 0 radical (unpaired) electrons. The minimum atomic E-state index is -1.41. The van der Waals surface area contributed by atoms with Crippen molar-refractivity contribution in [2.45, 2.75) is 24.5 Å². The van der Waals surface area contributed by atoms with Gasteiger partial charge in [0, 0.05) is 0 Å². The topological polar surface area (TPSA) is 125 Å². The third-order valence-corrected chi connectivity index (χ3v) is 1.86. The second kappa shape index (κ2) is 3.88. The molecule has 6 N–H and O–H groups in total. The lowest BCUT2D eigenvalue weighted by molar-refractivity contribution is -0.132. The molecule has 1 aliphatic rings. The van der Waals surface area contributed by atoms with Crippen molar-refractivity contribution < 1.29 is 24.9 Å². The summed E-state index contributed by atoms with van der Waals surface area (Å²) in [6, 6.07) is -1.72. The Kier molecular flexibility index (Phi) is 3.04. The number of primary amides is 1. The normalized spacial score (nSPS) is 39.0. The molecule has 7 nitrogen and oxygen atoms in total. The lowest BCUT2D eigenvalue weighted by Gasteiger charge is -2.18. The van der Waals surface area contributed by atoms with Crippen LogP contribution in [0.15, 0.2) is 0 Å². The van der Waals surface area contributed by atoms with Crippen molar-refractivity contribution in [3.63, 3.8) is 0 Å². The minimum absolute atomic E-state index is 0.418. The summed E-state index contributed by atoms with van der Waals surface area (Å²) in [5.74, 6) is 0. The van der Waals surface area contributed by atoms with Crippen molar-refractivity contribution in [3.8, 4) is 0 Å². The van der Waals surface area contributed by atoms with Crippen molar-refractivity contribution in [2.75, 3.05) is 6.61 Å². The van der Waals surface area contributed by atoms with Crippen LogP contribution in [0, 0.1) is 0 Å². The fourth-order valence-corrected chi connectivity index (χ4v) is 1.24. The van der Waals surface area contributed by atoms with Crippen LogP contribution in [0.25, 0.3) is 0 Å². The van der Waals surface area contributed by atoms with Gasteiger partial charge < -0.3 is 31.1 Å². The van der Waals surface area contributed by atoms with Crippen LogP contribution < -0.4 is 11.1 Å². The Balaban J connectivity index is 2.62. The molecule has 1 aliphatic heterocycles. The molecule has 0 unspecified atom stereocenters. The van der Waals surface area contributed by atoms with E-state index in [1.165, 1.54) is 0 Å². The van der Waals surface area contributed by atoms with E-state index < -0.39 is 37.2 Å². The summed E-state index contributed by atoms with van der Waals surface area (Å²) in [5.41, 5.74) is 4.82. The largest absolute Gasteiger partial charge is 0.394 e. The summed E-state index contributed by atoms with van der Waals surface area (Å²) in [6.45, 7) is -0.418. The number of carbonyl (C=O) groups excluding carboxylic acids is 1. The molecule has 0 aromatic rings. The number of amides is 2. The highest BCUT2D eigenvalue weighted by Crippen LogP contribution is 2.18. The van der Waals surface area contributed by atoms with Crippen molar-refractivity contribution in [3.05, 3.63) is 0 Å². The van der Waals surface area contributed by atoms with Crippen molar-refractivity contribution in [2.24, 2.45) is 5.73 Å². The highest BCUT2D eigenvalue weighted by Gasteiger charge is 2.43. The van der Waals surface area contributed by atoms with Crippen LogP contribution >= 0.6 is 0 Å². The van der Waals surface area contributed by atoms with E-state index in [-0.39, 0.29) is 0 Å². The quantitative estimate of drug-likeness (QED) is 0.321. The van der Waals surface area contributed by atoms with Crippen LogP contribution in [0.3, 0.4) is 0 Å². The Labute approximate surface area is 74.1 Å². The molecule has 0 aromatic heterocycles. The molecule has 1 heterocycles. The molecule has 1 rings (SSSR count). The van der Waals surface area contributed by atoms with Gasteiger partial charge in [0.2, 0.25) is 0 Å². The summed E-state index contributed by atoms with van der Waals surface area (Å²) >= 11 is 0. The molecule has 2 amide bonds. The average molecular weight is 192 g/mol. The molecule has 0 bridgehead atoms. The van der Waals surface area contributed by atoms with Gasteiger partial charge in [0.05, 0.1) is 12.6 Å². The van der Waals surface area contributed by atoms with E-state index in [0.717, 1.165) is 0 Å². The predicted molar refractivity (Wildman–Crippen MR) is 40.5 cm³/mol. The Hall–Kier alpha value is -0.890. The first-order chi connectivity index (χ1) is 6.06. The number of aliphatic hydroxyl groups is 3. The molecule has 76 valence electrons. The van der Waals surface area contributed by atoms with Crippen LogP contribution in [0.5, 0.6) is 0 Å². The van der Waals surface area contributed by atoms with E-state index in [2.05, 4.69) is 5.32 Å². The van der Waals surface area contributed by atoms with E-state index in [9.17, 15) is 9.90 Å². The number of carbonyl (C=O) groups is 1. The molecular weight excluding hydrogens is 180 g/mol. The van der Waals surface area contributed by atoms with Gasteiger partial charge in [0.25, 0.3) is 0 Å². The van der Waals surface area contributed by atoms with Gasteiger partial charge in [0.1, 0.15) is 12.2 Å². The fourth-order valence-electron chi connectivity index (χ4n) is 1.24. The fraction of sp³-hybridized carbons (Fsp3) is 0.833. The van der Waals surface area contributed by atoms with Gasteiger partial charge in [0.15, 0.2) is 6.29 Å². The van der Waals surface area contributed by atoms with Crippen molar-refractivity contribution >= 4 is 6.03 Å². The molecular formula is C6H12N2O5. The van der Waals surface area contributed by atoms with Gasteiger partial charge in [-0.2, -0.15) is 0 Å². The van der Waals surface area contributed by atoms with Crippen LogP contribution in [-0.4, -0.2) is 52.5 Å². The van der Waals surface area contributed by atoms with Gasteiger partial charge in [-0.15, -0.1) is 0 Å². The number of rotatable bonds is 2. The van der Waals surface area contributed by atoms with Crippen molar-refractivity contribution in [1.29, 1.82) is 0 Å². The first-order valence-corrected chi connectivity index (χ1v) is 3.74. The van der Waals surface area contributed by atoms with Crippen LogP contribution in [-0.2, 0) is 4.74 Å². The zero-order chi connectivity index (χ0) is 10.0. The maximum atomic E-state index is 10.5.